The van der Waals surface area contributed by atoms with Crippen LogP contribution >= 0.6 is 12.4 Å². The van der Waals surface area contributed by atoms with Gasteiger partial charge in [-0.15, -0.1) is 12.4 Å². The first-order valence-corrected chi connectivity index (χ1v) is 1.31. The van der Waals surface area contributed by atoms with Gasteiger partial charge >= 0.3 is 0 Å². The summed E-state index contributed by atoms with van der Waals surface area (Å²) >= 11 is 0. The molecule has 0 heterocycles. The molecule has 40 valence electrons. The minimum atomic E-state index is -1.31. The number of hydroxylamine groups is 1. The van der Waals surface area contributed by atoms with Gasteiger partial charge in [-0.1, -0.05) is 0 Å². The van der Waals surface area contributed by atoms with Crippen LogP contribution in [-0.4, -0.2) is 11.5 Å². The average Bonchev–Trinajstić information content (AvgIpc) is 1.38. The van der Waals surface area contributed by atoms with Crippen molar-refractivity contribution in [2.45, 2.75) is 13.2 Å². The Bertz CT molecular complexity index is 27.5. The van der Waals surface area contributed by atoms with E-state index in [-0.39, 0.29) is 12.4 Å². The largest absolute Gasteiger partial charge is 0.314 e. The molecule has 0 aliphatic rings. The summed E-state index contributed by atoms with van der Waals surface area (Å²) < 4.78 is 11.1. The standard InChI is InChI=1S/C2H6FNO.ClH/c1-2(3)4-5;/h2,4-5H,1H3;1H. The molecule has 4 heteroatoms. The van der Waals surface area contributed by atoms with E-state index in [0.717, 1.165) is 0 Å². The van der Waals surface area contributed by atoms with Gasteiger partial charge in [0.1, 0.15) is 0 Å². The van der Waals surface area contributed by atoms with Gasteiger partial charge in [0.15, 0.2) is 6.30 Å². The molecule has 0 aliphatic heterocycles. The molecule has 0 aromatic carbocycles. The first-order chi connectivity index (χ1) is 2.27. The lowest BCUT2D eigenvalue weighted by Crippen LogP contribution is -2.14. The summed E-state index contributed by atoms with van der Waals surface area (Å²) in [5.74, 6) is 0. The van der Waals surface area contributed by atoms with Crippen LogP contribution in [0.2, 0.25) is 0 Å². The van der Waals surface area contributed by atoms with E-state index in [1.54, 1.807) is 0 Å². The fourth-order valence-electron chi connectivity index (χ4n) is 0. The van der Waals surface area contributed by atoms with Gasteiger partial charge in [0.2, 0.25) is 0 Å². The van der Waals surface area contributed by atoms with Crippen molar-refractivity contribution in [2.75, 3.05) is 0 Å². The van der Waals surface area contributed by atoms with Crippen LogP contribution in [0.3, 0.4) is 0 Å². The van der Waals surface area contributed by atoms with E-state index in [9.17, 15) is 4.39 Å². The van der Waals surface area contributed by atoms with Crippen molar-refractivity contribution in [1.29, 1.82) is 0 Å². The van der Waals surface area contributed by atoms with E-state index in [0.29, 0.717) is 0 Å². The molecule has 0 aromatic heterocycles. The van der Waals surface area contributed by atoms with E-state index in [1.165, 1.54) is 12.4 Å². The summed E-state index contributed by atoms with van der Waals surface area (Å²) in [6.45, 7) is 1.19. The molecular formula is C2H7ClFNO. The second kappa shape index (κ2) is 5.14. The number of halogens is 2. The Morgan fingerprint density at radius 1 is 1.83 bits per heavy atom. The van der Waals surface area contributed by atoms with E-state index in [1.807, 2.05) is 0 Å². The van der Waals surface area contributed by atoms with Gasteiger partial charge < -0.3 is 5.21 Å². The molecule has 0 fully saturated rings. The Morgan fingerprint density at radius 2 is 2.00 bits per heavy atom. The zero-order valence-corrected chi connectivity index (χ0v) is 4.13. The Hall–Kier alpha value is 0.140. The van der Waals surface area contributed by atoms with Gasteiger partial charge in [-0.2, -0.15) is 5.48 Å². The molecule has 1 atom stereocenters. The monoisotopic (exact) mass is 115 g/mol. The topological polar surface area (TPSA) is 32.3 Å². The Kier molecular flexibility index (Phi) is 8.11. The Balaban J connectivity index is 0. The average molecular weight is 116 g/mol. The second-order valence-electron chi connectivity index (χ2n) is 0.745. The SMILES string of the molecule is CC(F)NO.Cl. The quantitative estimate of drug-likeness (QED) is 0.390. The summed E-state index contributed by atoms with van der Waals surface area (Å²) in [7, 11) is 0. The fraction of sp³-hybridized carbons (Fsp3) is 1.00. The first kappa shape index (κ1) is 9.46. The fourth-order valence-corrected chi connectivity index (χ4v) is 0. The van der Waals surface area contributed by atoms with Crippen LogP contribution in [-0.2, 0) is 0 Å². The molecular weight excluding hydrogens is 108 g/mol. The number of hydrogen-bond acceptors (Lipinski definition) is 2. The van der Waals surface area contributed by atoms with Crippen molar-refractivity contribution < 1.29 is 9.60 Å². The normalized spacial score (nSPS) is 12.5. The van der Waals surface area contributed by atoms with Crippen molar-refractivity contribution in [3.8, 4) is 0 Å². The van der Waals surface area contributed by atoms with E-state index in [2.05, 4.69) is 0 Å². The summed E-state index contributed by atoms with van der Waals surface area (Å²) in [6, 6.07) is 0. The molecule has 0 aromatic rings. The lowest BCUT2D eigenvalue weighted by Gasteiger charge is -1.89. The van der Waals surface area contributed by atoms with Crippen LogP contribution in [0, 0.1) is 0 Å². The Morgan fingerprint density at radius 3 is 2.00 bits per heavy atom. The van der Waals surface area contributed by atoms with Crippen LogP contribution < -0.4 is 5.48 Å². The third kappa shape index (κ3) is 8.91. The van der Waals surface area contributed by atoms with Crippen LogP contribution in [0.5, 0.6) is 0 Å². The minimum Gasteiger partial charge on any atom is -0.314 e. The van der Waals surface area contributed by atoms with Crippen LogP contribution in [0.25, 0.3) is 0 Å². The molecule has 0 spiro atoms. The lowest BCUT2D eigenvalue weighted by molar-refractivity contribution is 0.0702. The van der Waals surface area contributed by atoms with E-state index >= 15 is 0 Å². The van der Waals surface area contributed by atoms with Crippen molar-refractivity contribution in [2.24, 2.45) is 0 Å². The summed E-state index contributed by atoms with van der Waals surface area (Å²) in [5, 5.41) is 7.52. The maximum absolute atomic E-state index is 11.1. The second-order valence-corrected chi connectivity index (χ2v) is 0.745. The zero-order chi connectivity index (χ0) is 4.28. The van der Waals surface area contributed by atoms with Gasteiger partial charge in [0.25, 0.3) is 0 Å². The maximum atomic E-state index is 11.1. The molecule has 0 rings (SSSR count). The molecule has 0 amide bonds. The molecule has 2 nitrogen and oxygen atoms in total. The van der Waals surface area contributed by atoms with Crippen molar-refractivity contribution in [3.05, 3.63) is 0 Å². The lowest BCUT2D eigenvalue weighted by atomic mass is 10.8. The minimum absolute atomic E-state index is 0. The van der Waals surface area contributed by atoms with Gasteiger partial charge in [0.05, 0.1) is 0 Å². The van der Waals surface area contributed by atoms with Gasteiger partial charge in [-0.25, -0.2) is 4.39 Å². The molecule has 0 radical (unpaired) electrons. The van der Waals surface area contributed by atoms with E-state index in [4.69, 9.17) is 5.21 Å². The smallest absolute Gasteiger partial charge is 0.169 e. The molecule has 0 saturated heterocycles. The number of nitrogens with one attached hydrogen (secondary N) is 1. The van der Waals surface area contributed by atoms with Crippen molar-refractivity contribution >= 4 is 12.4 Å². The number of alkyl halides is 1. The number of hydrogen-bond donors (Lipinski definition) is 2. The van der Waals surface area contributed by atoms with Gasteiger partial charge in [-0.05, 0) is 6.92 Å². The highest BCUT2D eigenvalue weighted by Gasteiger charge is 1.84. The highest BCUT2D eigenvalue weighted by atomic mass is 35.5. The molecule has 0 saturated carbocycles. The molecule has 6 heavy (non-hydrogen) atoms. The predicted octanol–water partition coefficient (Wildman–Crippen LogP) is 0.702. The Labute approximate surface area is 41.7 Å². The van der Waals surface area contributed by atoms with Crippen LogP contribution in [0.1, 0.15) is 6.92 Å². The molecule has 2 N–H and O–H groups in total. The number of rotatable bonds is 1. The van der Waals surface area contributed by atoms with Crippen LogP contribution in [0.4, 0.5) is 4.39 Å². The highest BCUT2D eigenvalue weighted by Crippen LogP contribution is 1.72. The molecule has 0 bridgehead atoms. The summed E-state index contributed by atoms with van der Waals surface area (Å²) in [5.41, 5.74) is 1.36. The maximum Gasteiger partial charge on any atom is 0.169 e. The molecule has 1 unspecified atom stereocenters. The van der Waals surface area contributed by atoms with Crippen molar-refractivity contribution in [3.63, 3.8) is 0 Å². The highest BCUT2D eigenvalue weighted by molar-refractivity contribution is 5.85. The third-order valence-electron chi connectivity index (χ3n) is 0.178. The summed E-state index contributed by atoms with van der Waals surface area (Å²) in [6.07, 6.45) is -1.31. The van der Waals surface area contributed by atoms with Crippen molar-refractivity contribution in [1.82, 2.24) is 5.48 Å². The molecule has 0 aliphatic carbocycles. The van der Waals surface area contributed by atoms with Crippen LogP contribution in [0.15, 0.2) is 0 Å². The summed E-state index contributed by atoms with van der Waals surface area (Å²) in [4.78, 5) is 0. The predicted molar refractivity (Wildman–Crippen MR) is 22.7 cm³/mol. The third-order valence-corrected chi connectivity index (χ3v) is 0.178. The van der Waals surface area contributed by atoms with Gasteiger partial charge in [-0.3, -0.25) is 0 Å². The first-order valence-electron chi connectivity index (χ1n) is 1.31. The van der Waals surface area contributed by atoms with Gasteiger partial charge in [0, 0.05) is 0 Å². The van der Waals surface area contributed by atoms with E-state index < -0.39 is 6.30 Å². The zero-order valence-electron chi connectivity index (χ0n) is 3.31.